The highest BCUT2D eigenvalue weighted by Crippen LogP contribution is 2.35. The number of benzene rings is 3. The Morgan fingerprint density at radius 3 is 2.49 bits per heavy atom. The molecule has 8 heteroatoms. The third kappa shape index (κ3) is 4.06. The summed E-state index contributed by atoms with van der Waals surface area (Å²) in [7, 11) is 1.49. The van der Waals surface area contributed by atoms with Gasteiger partial charge in [0.15, 0.2) is 11.5 Å². The number of nitrogens with zero attached hydrogens (tertiary/aromatic N) is 1. The fraction of sp³-hybridized carbons (Fsp3) is 0.0741. The highest BCUT2D eigenvalue weighted by molar-refractivity contribution is 6.32. The van der Waals surface area contributed by atoms with Crippen LogP contribution in [0.25, 0.3) is 22.3 Å². The number of ether oxygens (including phenoxy) is 1. The fourth-order valence-corrected chi connectivity index (χ4v) is 4.13. The summed E-state index contributed by atoms with van der Waals surface area (Å²) < 4.78 is 16.5. The number of para-hydroxylation sites is 1. The molecule has 2 heterocycles. The lowest BCUT2D eigenvalue weighted by Gasteiger charge is -2.08. The molecule has 0 aliphatic heterocycles. The molecule has 5 rings (SSSR count). The van der Waals surface area contributed by atoms with Crippen LogP contribution in [-0.4, -0.2) is 24.0 Å². The number of amides is 1. The smallest absolute Gasteiger partial charge is 0.261 e. The van der Waals surface area contributed by atoms with Crippen molar-refractivity contribution in [2.75, 3.05) is 12.4 Å². The van der Waals surface area contributed by atoms with Gasteiger partial charge in [-0.05, 0) is 37.3 Å². The van der Waals surface area contributed by atoms with E-state index in [9.17, 15) is 9.59 Å². The topological polar surface area (TPSA) is 94.6 Å². The van der Waals surface area contributed by atoms with Crippen LogP contribution in [0.2, 0.25) is 5.02 Å². The second-order valence-electron chi connectivity index (χ2n) is 7.77. The van der Waals surface area contributed by atoms with Gasteiger partial charge >= 0.3 is 0 Å². The highest BCUT2D eigenvalue weighted by Gasteiger charge is 2.27. The van der Waals surface area contributed by atoms with Gasteiger partial charge in [0.05, 0.1) is 23.5 Å². The lowest BCUT2D eigenvalue weighted by atomic mass is 10.0. The van der Waals surface area contributed by atoms with Gasteiger partial charge in [-0.1, -0.05) is 59.2 Å². The maximum atomic E-state index is 13.5. The van der Waals surface area contributed by atoms with Crippen LogP contribution in [0.5, 0.6) is 5.75 Å². The normalized spacial score (nSPS) is 10.9. The van der Waals surface area contributed by atoms with E-state index in [1.807, 2.05) is 30.3 Å². The molecule has 0 spiro atoms. The summed E-state index contributed by atoms with van der Waals surface area (Å²) in [5.74, 6) is -0.153. The van der Waals surface area contributed by atoms with Crippen molar-refractivity contribution >= 4 is 39.9 Å². The Bertz CT molecular complexity index is 1570. The van der Waals surface area contributed by atoms with Crippen LogP contribution < -0.4 is 10.1 Å². The number of hydrogen-bond acceptors (Lipinski definition) is 6. The number of halogens is 1. The van der Waals surface area contributed by atoms with Gasteiger partial charge in [-0.2, -0.15) is 0 Å². The zero-order valence-corrected chi connectivity index (χ0v) is 19.6. The molecule has 0 atom stereocenters. The molecule has 0 saturated carbocycles. The minimum atomic E-state index is -0.476. The van der Waals surface area contributed by atoms with E-state index >= 15 is 0 Å². The number of methoxy groups -OCH3 is 1. The Morgan fingerprint density at radius 1 is 1.00 bits per heavy atom. The summed E-state index contributed by atoms with van der Waals surface area (Å²) in [4.78, 5) is 26.9. The fourth-order valence-electron chi connectivity index (χ4n) is 3.87. The van der Waals surface area contributed by atoms with Crippen molar-refractivity contribution in [2.45, 2.75) is 6.92 Å². The quantitative estimate of drug-likeness (QED) is 0.274. The average molecular weight is 487 g/mol. The van der Waals surface area contributed by atoms with E-state index in [0.29, 0.717) is 33.7 Å². The third-order valence-corrected chi connectivity index (χ3v) is 5.88. The van der Waals surface area contributed by atoms with Crippen LogP contribution in [0.3, 0.4) is 0 Å². The van der Waals surface area contributed by atoms with E-state index in [-0.39, 0.29) is 27.6 Å². The maximum absolute atomic E-state index is 13.5. The van der Waals surface area contributed by atoms with Crippen LogP contribution in [0, 0.1) is 6.92 Å². The van der Waals surface area contributed by atoms with Crippen molar-refractivity contribution in [2.24, 2.45) is 0 Å². The second kappa shape index (κ2) is 9.12. The van der Waals surface area contributed by atoms with Gasteiger partial charge in [0, 0.05) is 16.5 Å². The Morgan fingerprint density at radius 2 is 1.74 bits per heavy atom. The molecule has 0 bridgehead atoms. The number of aryl methyl sites for hydroxylation is 1. The number of furan rings is 1. The molecule has 0 radical (unpaired) electrons. The van der Waals surface area contributed by atoms with Gasteiger partial charge in [0.1, 0.15) is 16.9 Å². The monoisotopic (exact) mass is 486 g/mol. The zero-order chi connectivity index (χ0) is 24.5. The van der Waals surface area contributed by atoms with E-state index in [1.165, 1.54) is 13.2 Å². The van der Waals surface area contributed by atoms with Crippen molar-refractivity contribution < 1.29 is 23.3 Å². The van der Waals surface area contributed by atoms with Crippen LogP contribution in [0.1, 0.15) is 32.2 Å². The first kappa shape index (κ1) is 22.4. The predicted octanol–water partition coefficient (Wildman–Crippen LogP) is 6.54. The number of fused-ring (bicyclic) bond motifs is 1. The molecule has 7 nitrogen and oxygen atoms in total. The molecule has 5 aromatic rings. The van der Waals surface area contributed by atoms with Crippen molar-refractivity contribution in [3.05, 3.63) is 100 Å². The van der Waals surface area contributed by atoms with E-state index < -0.39 is 11.7 Å². The van der Waals surface area contributed by atoms with Gasteiger partial charge < -0.3 is 19.0 Å². The lowest BCUT2D eigenvalue weighted by molar-refractivity contribution is 0.101. The highest BCUT2D eigenvalue weighted by atomic mass is 35.5. The first-order valence-corrected chi connectivity index (χ1v) is 11.1. The molecule has 0 unspecified atom stereocenters. The van der Waals surface area contributed by atoms with E-state index in [1.54, 1.807) is 43.3 Å². The SMILES string of the molecule is COc1ccc(C(=O)c2oc3ccccc3c2NC(=O)c2c(C)noc2-c2ccccc2)cc1Cl. The number of ketones is 1. The number of hydrogen-bond donors (Lipinski definition) is 1. The molecule has 2 aromatic heterocycles. The molecule has 0 aliphatic carbocycles. The Labute approximate surface area is 205 Å². The number of carbonyl (C=O) groups is 2. The standard InChI is InChI=1S/C27H19ClN2O5/c1-15-22(25(35-30-15)16-8-4-3-5-9-16)27(32)29-23-18-10-6-7-11-20(18)34-26(23)24(31)17-12-13-21(33-2)19(28)14-17/h3-14H,1-2H3,(H,29,32). The van der Waals surface area contributed by atoms with Gasteiger partial charge in [-0.3, -0.25) is 9.59 Å². The Balaban J connectivity index is 1.58. The number of carbonyl (C=O) groups excluding carboxylic acids is 2. The van der Waals surface area contributed by atoms with Crippen molar-refractivity contribution in [1.82, 2.24) is 5.16 Å². The van der Waals surface area contributed by atoms with Crippen LogP contribution in [-0.2, 0) is 0 Å². The summed E-state index contributed by atoms with van der Waals surface area (Å²) >= 11 is 6.23. The third-order valence-electron chi connectivity index (χ3n) is 5.58. The van der Waals surface area contributed by atoms with Crippen LogP contribution in [0.15, 0.2) is 81.7 Å². The van der Waals surface area contributed by atoms with E-state index in [4.69, 9.17) is 25.3 Å². The van der Waals surface area contributed by atoms with E-state index in [0.717, 1.165) is 0 Å². The van der Waals surface area contributed by atoms with Crippen molar-refractivity contribution in [1.29, 1.82) is 0 Å². The van der Waals surface area contributed by atoms with Gasteiger partial charge in [-0.15, -0.1) is 0 Å². The molecule has 1 amide bonds. The Hall–Kier alpha value is -4.36. The lowest BCUT2D eigenvalue weighted by Crippen LogP contribution is -2.15. The van der Waals surface area contributed by atoms with Gasteiger partial charge in [0.2, 0.25) is 5.78 Å². The number of anilines is 1. The molecule has 3 aromatic carbocycles. The molecule has 1 N–H and O–H groups in total. The minimum Gasteiger partial charge on any atom is -0.495 e. The average Bonchev–Trinajstić information content (AvgIpc) is 3.44. The van der Waals surface area contributed by atoms with Gasteiger partial charge in [-0.25, -0.2) is 0 Å². The number of nitrogens with one attached hydrogen (secondary N) is 1. The summed E-state index contributed by atoms with van der Waals surface area (Å²) in [6.07, 6.45) is 0. The number of rotatable bonds is 6. The summed E-state index contributed by atoms with van der Waals surface area (Å²) in [6.45, 7) is 1.68. The molecular formula is C27H19ClN2O5. The van der Waals surface area contributed by atoms with Crippen LogP contribution >= 0.6 is 11.6 Å². The molecule has 0 saturated heterocycles. The summed E-state index contributed by atoms with van der Waals surface area (Å²) in [5.41, 5.74) is 2.39. The Kier molecular flexibility index (Phi) is 5.84. The predicted molar refractivity (Wildman–Crippen MR) is 132 cm³/mol. The number of aromatic nitrogens is 1. The molecular weight excluding hydrogens is 468 g/mol. The summed E-state index contributed by atoms with van der Waals surface area (Å²) in [5, 5.41) is 7.72. The molecule has 0 fully saturated rings. The molecule has 0 aliphatic rings. The van der Waals surface area contributed by atoms with Gasteiger partial charge in [0.25, 0.3) is 5.91 Å². The van der Waals surface area contributed by atoms with Crippen LogP contribution in [0.4, 0.5) is 5.69 Å². The first-order valence-electron chi connectivity index (χ1n) is 10.7. The zero-order valence-electron chi connectivity index (χ0n) is 18.8. The largest absolute Gasteiger partial charge is 0.495 e. The summed E-state index contributed by atoms with van der Waals surface area (Å²) in [6, 6.07) is 21.0. The van der Waals surface area contributed by atoms with Crippen molar-refractivity contribution in [3.63, 3.8) is 0 Å². The van der Waals surface area contributed by atoms with Crippen molar-refractivity contribution in [3.8, 4) is 17.1 Å². The molecule has 174 valence electrons. The minimum absolute atomic E-state index is 0.0175. The first-order chi connectivity index (χ1) is 17.0. The molecule has 35 heavy (non-hydrogen) atoms. The maximum Gasteiger partial charge on any atom is 0.261 e. The second-order valence-corrected chi connectivity index (χ2v) is 8.18. The van der Waals surface area contributed by atoms with E-state index in [2.05, 4.69) is 10.5 Å².